The summed E-state index contributed by atoms with van der Waals surface area (Å²) in [5, 5.41) is 3.38. The van der Waals surface area contributed by atoms with E-state index in [2.05, 4.69) is 46.0 Å². The number of hydrogen-bond acceptors (Lipinski definition) is 2. The third-order valence-electron chi connectivity index (χ3n) is 3.19. The summed E-state index contributed by atoms with van der Waals surface area (Å²) >= 11 is 0. The van der Waals surface area contributed by atoms with E-state index < -0.39 is 0 Å². The summed E-state index contributed by atoms with van der Waals surface area (Å²) in [5.41, 5.74) is 3.54. The van der Waals surface area contributed by atoms with Crippen molar-refractivity contribution < 1.29 is 0 Å². The van der Waals surface area contributed by atoms with Gasteiger partial charge in [-0.25, -0.2) is 4.98 Å². The van der Waals surface area contributed by atoms with Crippen LogP contribution in [0.3, 0.4) is 0 Å². The van der Waals surface area contributed by atoms with Gasteiger partial charge in [-0.3, -0.25) is 0 Å². The first-order valence-electron chi connectivity index (χ1n) is 5.50. The van der Waals surface area contributed by atoms with Gasteiger partial charge in [0.25, 0.3) is 0 Å². The summed E-state index contributed by atoms with van der Waals surface area (Å²) in [6.07, 6.45) is 3.39. The predicted octanol–water partition coefficient (Wildman–Crippen LogP) is 1.72. The maximum Gasteiger partial charge on any atom is 0.137 e. The third kappa shape index (κ3) is 1.43. The van der Waals surface area contributed by atoms with E-state index in [0.717, 1.165) is 18.7 Å². The smallest absolute Gasteiger partial charge is 0.137 e. The van der Waals surface area contributed by atoms with Crippen LogP contribution in [0, 0.1) is 6.92 Å². The van der Waals surface area contributed by atoms with Crippen molar-refractivity contribution in [2.24, 2.45) is 0 Å². The van der Waals surface area contributed by atoms with Gasteiger partial charge in [-0.15, -0.1) is 0 Å². The lowest BCUT2D eigenvalue weighted by Gasteiger charge is -2.01. The molecule has 1 unspecified atom stereocenters. The van der Waals surface area contributed by atoms with Crippen LogP contribution >= 0.6 is 0 Å². The van der Waals surface area contributed by atoms with Crippen LogP contribution in [0.2, 0.25) is 0 Å². The molecule has 3 heteroatoms. The van der Waals surface area contributed by atoms with Crippen LogP contribution < -0.4 is 5.32 Å². The molecule has 3 nitrogen and oxygen atoms in total. The molecule has 0 saturated carbocycles. The van der Waals surface area contributed by atoms with E-state index in [1.54, 1.807) is 0 Å². The molecule has 1 atom stereocenters. The molecule has 1 aliphatic rings. The molecule has 3 heterocycles. The lowest BCUT2D eigenvalue weighted by Crippen LogP contribution is -2.08. The first-order chi connectivity index (χ1) is 7.34. The monoisotopic (exact) mass is 201 g/mol. The molecule has 2 aromatic rings. The molecule has 2 aromatic heterocycles. The van der Waals surface area contributed by atoms with E-state index in [9.17, 15) is 0 Å². The van der Waals surface area contributed by atoms with Crippen molar-refractivity contribution in [3.8, 4) is 0 Å². The lowest BCUT2D eigenvalue weighted by atomic mass is 10.1. The fourth-order valence-electron chi connectivity index (χ4n) is 2.27. The van der Waals surface area contributed by atoms with Gasteiger partial charge in [0.1, 0.15) is 5.65 Å². The number of hydrogen-bond donors (Lipinski definition) is 1. The molecule has 78 valence electrons. The standard InChI is InChI=1S/C12H15N3/c1-9-3-2-4-12-14-11(8-15(9)12)10-5-6-13-7-10/h2-4,8,10,13H,5-7H2,1H3. The summed E-state index contributed by atoms with van der Waals surface area (Å²) in [5.74, 6) is 0.601. The van der Waals surface area contributed by atoms with Crippen LogP contribution in [-0.4, -0.2) is 22.5 Å². The summed E-state index contributed by atoms with van der Waals surface area (Å²) in [4.78, 5) is 4.68. The van der Waals surface area contributed by atoms with Gasteiger partial charge in [0.05, 0.1) is 5.69 Å². The van der Waals surface area contributed by atoms with Crippen LogP contribution in [0.5, 0.6) is 0 Å². The summed E-state index contributed by atoms with van der Waals surface area (Å²) in [6.45, 7) is 4.31. The molecule has 0 aromatic carbocycles. The van der Waals surface area contributed by atoms with Crippen LogP contribution in [0.15, 0.2) is 24.4 Å². The highest BCUT2D eigenvalue weighted by Gasteiger charge is 2.19. The van der Waals surface area contributed by atoms with Crippen LogP contribution in [-0.2, 0) is 0 Å². The molecule has 1 saturated heterocycles. The summed E-state index contributed by atoms with van der Waals surface area (Å²) in [7, 11) is 0. The number of nitrogens with one attached hydrogen (secondary N) is 1. The van der Waals surface area contributed by atoms with E-state index in [0.29, 0.717) is 5.92 Å². The molecule has 1 fully saturated rings. The summed E-state index contributed by atoms with van der Waals surface area (Å²) < 4.78 is 2.17. The molecule has 0 radical (unpaired) electrons. The van der Waals surface area contributed by atoms with Gasteiger partial charge < -0.3 is 9.72 Å². The molecular weight excluding hydrogens is 186 g/mol. The molecule has 0 amide bonds. The van der Waals surface area contributed by atoms with Crippen molar-refractivity contribution in [2.45, 2.75) is 19.3 Å². The van der Waals surface area contributed by atoms with E-state index in [1.807, 2.05) is 0 Å². The Kier molecular flexibility index (Phi) is 1.99. The minimum Gasteiger partial charge on any atom is -0.316 e. The van der Waals surface area contributed by atoms with E-state index in [4.69, 9.17) is 0 Å². The maximum atomic E-state index is 4.68. The predicted molar refractivity (Wildman–Crippen MR) is 60.2 cm³/mol. The normalized spacial score (nSPS) is 21.3. The number of aromatic nitrogens is 2. The Morgan fingerprint density at radius 1 is 1.47 bits per heavy atom. The Bertz CT molecular complexity index is 481. The van der Waals surface area contributed by atoms with Gasteiger partial charge in [-0.1, -0.05) is 6.07 Å². The average Bonchev–Trinajstić information content (AvgIpc) is 2.86. The first kappa shape index (κ1) is 8.92. The fourth-order valence-corrected chi connectivity index (χ4v) is 2.27. The Balaban J connectivity index is 2.09. The van der Waals surface area contributed by atoms with Crippen molar-refractivity contribution in [3.63, 3.8) is 0 Å². The molecule has 1 N–H and O–H groups in total. The summed E-state index contributed by atoms with van der Waals surface area (Å²) in [6, 6.07) is 6.25. The number of aryl methyl sites for hydroxylation is 1. The average molecular weight is 201 g/mol. The van der Waals surface area contributed by atoms with Gasteiger partial charge in [0.15, 0.2) is 0 Å². The Labute approximate surface area is 89.1 Å². The zero-order valence-corrected chi connectivity index (χ0v) is 8.90. The van der Waals surface area contributed by atoms with Gasteiger partial charge >= 0.3 is 0 Å². The number of nitrogens with zero attached hydrogens (tertiary/aromatic N) is 2. The van der Waals surface area contributed by atoms with Crippen molar-refractivity contribution >= 4 is 5.65 Å². The molecule has 3 rings (SSSR count). The largest absolute Gasteiger partial charge is 0.316 e. The molecule has 0 bridgehead atoms. The molecule has 15 heavy (non-hydrogen) atoms. The second-order valence-electron chi connectivity index (χ2n) is 4.25. The topological polar surface area (TPSA) is 29.3 Å². The van der Waals surface area contributed by atoms with E-state index in [-0.39, 0.29) is 0 Å². The minimum atomic E-state index is 0.601. The molecular formula is C12H15N3. The van der Waals surface area contributed by atoms with Crippen molar-refractivity contribution in [1.29, 1.82) is 0 Å². The number of imidazole rings is 1. The quantitative estimate of drug-likeness (QED) is 0.761. The second kappa shape index (κ2) is 3.35. The molecule has 1 aliphatic heterocycles. The van der Waals surface area contributed by atoms with Gasteiger partial charge in [-0.2, -0.15) is 0 Å². The van der Waals surface area contributed by atoms with Crippen molar-refractivity contribution in [3.05, 3.63) is 35.8 Å². The first-order valence-corrected chi connectivity index (χ1v) is 5.50. The third-order valence-corrected chi connectivity index (χ3v) is 3.19. The van der Waals surface area contributed by atoms with Crippen LogP contribution in [0.4, 0.5) is 0 Å². The van der Waals surface area contributed by atoms with Crippen molar-refractivity contribution in [2.75, 3.05) is 13.1 Å². The number of pyridine rings is 1. The maximum absolute atomic E-state index is 4.68. The Hall–Kier alpha value is -1.35. The zero-order valence-electron chi connectivity index (χ0n) is 8.90. The highest BCUT2D eigenvalue weighted by Crippen LogP contribution is 2.22. The van der Waals surface area contributed by atoms with Crippen molar-refractivity contribution in [1.82, 2.24) is 14.7 Å². The number of rotatable bonds is 1. The Morgan fingerprint density at radius 3 is 3.13 bits per heavy atom. The van der Waals surface area contributed by atoms with Crippen LogP contribution in [0.1, 0.15) is 23.7 Å². The molecule has 0 aliphatic carbocycles. The van der Waals surface area contributed by atoms with Gasteiger partial charge in [0, 0.05) is 24.4 Å². The fraction of sp³-hybridized carbons (Fsp3) is 0.417. The second-order valence-corrected chi connectivity index (χ2v) is 4.25. The number of fused-ring (bicyclic) bond motifs is 1. The van der Waals surface area contributed by atoms with E-state index >= 15 is 0 Å². The van der Waals surface area contributed by atoms with Gasteiger partial charge in [0.2, 0.25) is 0 Å². The van der Waals surface area contributed by atoms with E-state index in [1.165, 1.54) is 17.8 Å². The lowest BCUT2D eigenvalue weighted by molar-refractivity contribution is 0.741. The minimum absolute atomic E-state index is 0.601. The van der Waals surface area contributed by atoms with Crippen LogP contribution in [0.25, 0.3) is 5.65 Å². The molecule has 0 spiro atoms. The highest BCUT2D eigenvalue weighted by atomic mass is 15.0. The van der Waals surface area contributed by atoms with Gasteiger partial charge in [-0.05, 0) is 32.0 Å². The zero-order chi connectivity index (χ0) is 10.3. The highest BCUT2D eigenvalue weighted by molar-refractivity contribution is 5.42. The Morgan fingerprint density at radius 2 is 2.40 bits per heavy atom. The SMILES string of the molecule is Cc1cccc2nc(C3CCNC3)cn12.